The van der Waals surface area contributed by atoms with Crippen LogP contribution in [0.15, 0.2) is 59.1 Å². The first-order valence-corrected chi connectivity index (χ1v) is 12.6. The van der Waals surface area contributed by atoms with E-state index in [0.29, 0.717) is 30.1 Å². The van der Waals surface area contributed by atoms with Crippen molar-refractivity contribution in [3.8, 4) is 11.4 Å². The molecule has 0 N–H and O–H groups in total. The average molecular weight is 459 g/mol. The van der Waals surface area contributed by atoms with Crippen molar-refractivity contribution < 1.29 is 9.32 Å². The van der Waals surface area contributed by atoms with E-state index in [0.717, 1.165) is 63.8 Å². The summed E-state index contributed by atoms with van der Waals surface area (Å²) in [5.41, 5.74) is 3.56. The zero-order valence-electron chi connectivity index (χ0n) is 20.0. The van der Waals surface area contributed by atoms with Crippen molar-refractivity contribution in [1.29, 1.82) is 0 Å². The van der Waals surface area contributed by atoms with Gasteiger partial charge in [-0.2, -0.15) is 4.98 Å². The summed E-state index contributed by atoms with van der Waals surface area (Å²) in [6.45, 7) is 6.29. The monoisotopic (exact) mass is 458 g/mol. The maximum atomic E-state index is 13.1. The number of hydrogen-bond acceptors (Lipinski definition) is 5. The van der Waals surface area contributed by atoms with Gasteiger partial charge >= 0.3 is 0 Å². The maximum Gasteiger partial charge on any atom is 0.241 e. The molecule has 3 aromatic rings. The standard InChI is InChI=1S/C28H34N4O2/c1-21-6-5-9-25(18-21)27-29-26(34-30-27)20-31-14-12-24(13-15-31)28(33)32-16-10-23(11-17-32)19-22-7-3-2-4-8-22/h2-9,18,23-24H,10-17,19-20H2,1H3. The molecule has 0 aliphatic carbocycles. The number of likely N-dealkylation sites (tertiary alicyclic amines) is 2. The molecule has 0 unspecified atom stereocenters. The summed E-state index contributed by atoms with van der Waals surface area (Å²) in [6, 6.07) is 18.9. The third kappa shape index (κ3) is 5.55. The van der Waals surface area contributed by atoms with Gasteiger partial charge in [-0.3, -0.25) is 9.69 Å². The molecule has 2 aliphatic rings. The lowest BCUT2D eigenvalue weighted by molar-refractivity contribution is -0.138. The summed E-state index contributed by atoms with van der Waals surface area (Å²) in [4.78, 5) is 22.2. The van der Waals surface area contributed by atoms with E-state index in [1.165, 1.54) is 11.1 Å². The van der Waals surface area contributed by atoms with Crippen LogP contribution in [-0.4, -0.2) is 52.0 Å². The minimum atomic E-state index is 0.146. The summed E-state index contributed by atoms with van der Waals surface area (Å²) in [5, 5.41) is 4.16. The zero-order valence-corrected chi connectivity index (χ0v) is 20.0. The molecule has 5 rings (SSSR count). The van der Waals surface area contributed by atoms with Crippen molar-refractivity contribution in [2.75, 3.05) is 26.2 Å². The number of benzene rings is 2. The van der Waals surface area contributed by atoms with Crippen LogP contribution in [-0.2, 0) is 17.8 Å². The van der Waals surface area contributed by atoms with Crippen LogP contribution < -0.4 is 0 Å². The number of piperidine rings is 2. The van der Waals surface area contributed by atoms with Crippen LogP contribution in [0, 0.1) is 18.8 Å². The van der Waals surface area contributed by atoms with E-state index < -0.39 is 0 Å². The summed E-state index contributed by atoms with van der Waals surface area (Å²) >= 11 is 0. The van der Waals surface area contributed by atoms with Crippen LogP contribution >= 0.6 is 0 Å². The Kier molecular flexibility index (Phi) is 7.05. The quantitative estimate of drug-likeness (QED) is 0.534. The minimum Gasteiger partial charge on any atom is -0.342 e. The van der Waals surface area contributed by atoms with Crippen molar-refractivity contribution in [3.05, 3.63) is 71.6 Å². The minimum absolute atomic E-state index is 0.146. The van der Waals surface area contributed by atoms with Gasteiger partial charge in [-0.1, -0.05) is 59.3 Å². The molecule has 2 aliphatic heterocycles. The van der Waals surface area contributed by atoms with E-state index in [1.807, 2.05) is 12.1 Å². The zero-order chi connectivity index (χ0) is 23.3. The number of carbonyl (C=O) groups excluding carboxylic acids is 1. The Bertz CT molecular complexity index is 1080. The van der Waals surface area contributed by atoms with Gasteiger partial charge in [-0.25, -0.2) is 0 Å². The fraction of sp³-hybridized carbons (Fsp3) is 0.464. The van der Waals surface area contributed by atoms with Gasteiger partial charge in [-0.05, 0) is 69.7 Å². The van der Waals surface area contributed by atoms with Gasteiger partial charge in [0.05, 0.1) is 6.54 Å². The second kappa shape index (κ2) is 10.5. The van der Waals surface area contributed by atoms with Gasteiger partial charge in [-0.15, -0.1) is 0 Å². The molecule has 2 saturated heterocycles. The lowest BCUT2D eigenvalue weighted by Crippen LogP contribution is -2.45. The third-order valence-electron chi connectivity index (χ3n) is 7.33. The van der Waals surface area contributed by atoms with E-state index in [9.17, 15) is 4.79 Å². The molecular weight excluding hydrogens is 424 g/mol. The second-order valence-electron chi connectivity index (χ2n) is 9.89. The van der Waals surface area contributed by atoms with E-state index in [2.05, 4.69) is 69.3 Å². The lowest BCUT2D eigenvalue weighted by atomic mass is 9.88. The Morgan fingerprint density at radius 2 is 1.74 bits per heavy atom. The number of hydrogen-bond donors (Lipinski definition) is 0. The normalized spacial score (nSPS) is 18.3. The molecule has 2 fully saturated rings. The van der Waals surface area contributed by atoms with Gasteiger partial charge in [0.1, 0.15) is 0 Å². The summed E-state index contributed by atoms with van der Waals surface area (Å²) in [7, 11) is 0. The maximum absolute atomic E-state index is 13.1. The Morgan fingerprint density at radius 1 is 0.971 bits per heavy atom. The topological polar surface area (TPSA) is 62.5 Å². The van der Waals surface area contributed by atoms with Crippen LogP contribution in [0.5, 0.6) is 0 Å². The molecule has 0 radical (unpaired) electrons. The predicted octanol–water partition coefficient (Wildman–Crippen LogP) is 4.74. The highest BCUT2D eigenvalue weighted by atomic mass is 16.5. The van der Waals surface area contributed by atoms with E-state index in [4.69, 9.17) is 4.52 Å². The largest absolute Gasteiger partial charge is 0.342 e. The number of aromatic nitrogens is 2. The Morgan fingerprint density at radius 3 is 2.47 bits per heavy atom. The molecule has 178 valence electrons. The number of nitrogens with zero attached hydrogens (tertiary/aromatic N) is 4. The number of rotatable bonds is 6. The second-order valence-corrected chi connectivity index (χ2v) is 9.89. The first kappa shape index (κ1) is 22.8. The van der Waals surface area contributed by atoms with Crippen molar-refractivity contribution in [2.45, 2.75) is 45.6 Å². The number of aryl methyl sites for hydroxylation is 1. The molecule has 34 heavy (non-hydrogen) atoms. The fourth-order valence-electron chi connectivity index (χ4n) is 5.31. The van der Waals surface area contributed by atoms with Crippen molar-refractivity contribution in [3.63, 3.8) is 0 Å². The number of carbonyl (C=O) groups is 1. The van der Waals surface area contributed by atoms with Crippen molar-refractivity contribution >= 4 is 5.91 Å². The summed E-state index contributed by atoms with van der Waals surface area (Å²) < 4.78 is 5.51. The molecule has 6 nitrogen and oxygen atoms in total. The van der Waals surface area contributed by atoms with E-state index in [1.54, 1.807) is 0 Å². The van der Waals surface area contributed by atoms with Gasteiger partial charge in [0.25, 0.3) is 0 Å². The molecule has 0 bridgehead atoms. The Labute approximate surface area is 202 Å². The SMILES string of the molecule is Cc1cccc(-c2noc(CN3CCC(C(=O)N4CCC(Cc5ccccc5)CC4)CC3)n2)c1. The van der Waals surface area contributed by atoms with Gasteiger partial charge in [0.2, 0.25) is 17.6 Å². The number of amides is 1. The predicted molar refractivity (Wildman–Crippen MR) is 132 cm³/mol. The first-order chi connectivity index (χ1) is 16.6. The lowest BCUT2D eigenvalue weighted by Gasteiger charge is -2.37. The summed E-state index contributed by atoms with van der Waals surface area (Å²) in [5.74, 6) is 2.47. The highest BCUT2D eigenvalue weighted by Gasteiger charge is 2.31. The van der Waals surface area contributed by atoms with Crippen molar-refractivity contribution in [1.82, 2.24) is 19.9 Å². The molecule has 2 aromatic carbocycles. The molecule has 1 aromatic heterocycles. The molecule has 1 amide bonds. The summed E-state index contributed by atoms with van der Waals surface area (Å²) in [6.07, 6.45) is 5.16. The van der Waals surface area contributed by atoms with Crippen LogP contribution in [0.4, 0.5) is 0 Å². The van der Waals surface area contributed by atoms with Gasteiger partial charge in [0, 0.05) is 24.6 Å². The Hall–Kier alpha value is -2.99. The molecule has 6 heteroatoms. The smallest absolute Gasteiger partial charge is 0.241 e. The van der Waals surface area contributed by atoms with Gasteiger partial charge < -0.3 is 9.42 Å². The van der Waals surface area contributed by atoms with Gasteiger partial charge in [0.15, 0.2) is 0 Å². The molecule has 0 saturated carbocycles. The highest BCUT2D eigenvalue weighted by Crippen LogP contribution is 2.26. The molecule has 3 heterocycles. The van der Waals surface area contributed by atoms with Crippen LogP contribution in [0.3, 0.4) is 0 Å². The highest BCUT2D eigenvalue weighted by molar-refractivity contribution is 5.79. The van der Waals surface area contributed by atoms with Crippen molar-refractivity contribution in [2.24, 2.45) is 11.8 Å². The van der Waals surface area contributed by atoms with Crippen LogP contribution in [0.2, 0.25) is 0 Å². The first-order valence-electron chi connectivity index (χ1n) is 12.6. The Balaban J connectivity index is 1.07. The van der Waals surface area contributed by atoms with E-state index in [-0.39, 0.29) is 5.92 Å². The van der Waals surface area contributed by atoms with Crippen LogP contribution in [0.25, 0.3) is 11.4 Å². The fourth-order valence-corrected chi connectivity index (χ4v) is 5.31. The van der Waals surface area contributed by atoms with Crippen LogP contribution in [0.1, 0.15) is 42.7 Å². The average Bonchev–Trinajstić information content (AvgIpc) is 3.34. The molecular formula is C28H34N4O2. The molecule has 0 spiro atoms. The molecule has 0 atom stereocenters. The van der Waals surface area contributed by atoms with E-state index >= 15 is 0 Å². The third-order valence-corrected chi connectivity index (χ3v) is 7.33.